The van der Waals surface area contributed by atoms with Crippen LogP contribution in [-0.2, 0) is 0 Å². The van der Waals surface area contributed by atoms with E-state index in [1.54, 1.807) is 6.07 Å². The molecule has 0 spiro atoms. The third kappa shape index (κ3) is 3.29. The Morgan fingerprint density at radius 3 is 2.47 bits per heavy atom. The van der Waals surface area contributed by atoms with Gasteiger partial charge in [0.15, 0.2) is 10.9 Å². The van der Waals surface area contributed by atoms with E-state index in [1.807, 2.05) is 26.0 Å². The molecule has 0 saturated carbocycles. The van der Waals surface area contributed by atoms with Crippen LogP contribution in [0.25, 0.3) is 0 Å². The Morgan fingerprint density at radius 2 is 1.88 bits per heavy atom. The van der Waals surface area contributed by atoms with Crippen molar-refractivity contribution in [3.8, 4) is 0 Å². The van der Waals surface area contributed by atoms with E-state index >= 15 is 0 Å². The van der Waals surface area contributed by atoms with Crippen LogP contribution in [0.5, 0.6) is 0 Å². The molecule has 17 heavy (non-hydrogen) atoms. The van der Waals surface area contributed by atoms with Gasteiger partial charge in [-0.25, -0.2) is 0 Å². The molecule has 2 aromatic rings. The number of thiocarbonyl (C=S) groups is 1. The van der Waals surface area contributed by atoms with Gasteiger partial charge in [0.1, 0.15) is 6.26 Å². The van der Waals surface area contributed by atoms with E-state index < -0.39 is 0 Å². The molecule has 5 heteroatoms. The lowest BCUT2D eigenvalue weighted by molar-refractivity contribution is 0.423. The zero-order valence-corrected chi connectivity index (χ0v) is 10.5. The summed E-state index contributed by atoms with van der Waals surface area (Å²) >= 11 is 5.17. The summed E-state index contributed by atoms with van der Waals surface area (Å²) in [6.07, 6.45) is 1.49. The number of rotatable bonds is 2. The smallest absolute Gasteiger partial charge is 0.176 e. The van der Waals surface area contributed by atoms with Crippen LogP contribution in [0.1, 0.15) is 11.1 Å². The summed E-state index contributed by atoms with van der Waals surface area (Å²) in [5.74, 6) is 0.590. The average molecular weight is 247 g/mol. The second-order valence-electron chi connectivity index (χ2n) is 3.84. The van der Waals surface area contributed by atoms with Crippen molar-refractivity contribution >= 4 is 28.8 Å². The normalized spacial score (nSPS) is 10.0. The molecule has 0 radical (unpaired) electrons. The van der Waals surface area contributed by atoms with Crippen molar-refractivity contribution in [1.29, 1.82) is 0 Å². The highest BCUT2D eigenvalue weighted by atomic mass is 32.1. The number of hydrogen-bond donors (Lipinski definition) is 2. The SMILES string of the molecule is Cc1cc(C)cc(NC(=S)Nc2ccon2)c1. The van der Waals surface area contributed by atoms with E-state index in [0.717, 1.165) is 5.69 Å². The average Bonchev–Trinajstić information content (AvgIpc) is 2.67. The van der Waals surface area contributed by atoms with E-state index in [4.69, 9.17) is 16.7 Å². The topological polar surface area (TPSA) is 50.1 Å². The van der Waals surface area contributed by atoms with Crippen molar-refractivity contribution in [1.82, 2.24) is 5.16 Å². The highest BCUT2D eigenvalue weighted by Gasteiger charge is 2.01. The summed E-state index contributed by atoms with van der Waals surface area (Å²) in [4.78, 5) is 0. The lowest BCUT2D eigenvalue weighted by Gasteiger charge is -2.09. The van der Waals surface area contributed by atoms with Crippen molar-refractivity contribution < 1.29 is 4.52 Å². The van der Waals surface area contributed by atoms with Crippen molar-refractivity contribution in [3.05, 3.63) is 41.7 Å². The van der Waals surface area contributed by atoms with Gasteiger partial charge in [-0.1, -0.05) is 11.2 Å². The van der Waals surface area contributed by atoms with Gasteiger partial charge >= 0.3 is 0 Å². The minimum absolute atomic E-state index is 0.490. The fraction of sp³-hybridized carbons (Fsp3) is 0.167. The Bertz CT molecular complexity index is 502. The Kier molecular flexibility index (Phi) is 3.39. The zero-order valence-electron chi connectivity index (χ0n) is 9.65. The summed E-state index contributed by atoms with van der Waals surface area (Å²) in [7, 11) is 0. The van der Waals surface area contributed by atoms with Crippen LogP contribution in [0.4, 0.5) is 11.5 Å². The third-order valence-electron chi connectivity index (χ3n) is 2.16. The lowest BCUT2D eigenvalue weighted by atomic mass is 10.1. The van der Waals surface area contributed by atoms with Crippen LogP contribution in [-0.4, -0.2) is 10.3 Å². The van der Waals surface area contributed by atoms with Crippen LogP contribution in [0.15, 0.2) is 35.1 Å². The number of benzene rings is 1. The summed E-state index contributed by atoms with van der Waals surface area (Å²) in [5, 5.41) is 10.2. The predicted octanol–water partition coefficient (Wildman–Crippen LogP) is 3.10. The molecule has 0 atom stereocenters. The van der Waals surface area contributed by atoms with Gasteiger partial charge in [0, 0.05) is 11.8 Å². The van der Waals surface area contributed by atoms with Gasteiger partial charge in [-0.3, -0.25) is 0 Å². The van der Waals surface area contributed by atoms with E-state index in [2.05, 4.69) is 21.9 Å². The highest BCUT2D eigenvalue weighted by Crippen LogP contribution is 2.14. The maximum Gasteiger partial charge on any atom is 0.176 e. The van der Waals surface area contributed by atoms with Crippen molar-refractivity contribution in [2.24, 2.45) is 0 Å². The van der Waals surface area contributed by atoms with Crippen molar-refractivity contribution in [2.75, 3.05) is 10.6 Å². The molecule has 1 aromatic carbocycles. The number of nitrogens with zero attached hydrogens (tertiary/aromatic N) is 1. The maximum atomic E-state index is 5.17. The van der Waals surface area contributed by atoms with Gasteiger partial charge in [-0.05, 0) is 49.3 Å². The van der Waals surface area contributed by atoms with Gasteiger partial charge in [0.05, 0.1) is 0 Å². The Balaban J connectivity index is 2.03. The Morgan fingerprint density at radius 1 is 1.18 bits per heavy atom. The molecule has 1 aromatic heterocycles. The van der Waals surface area contributed by atoms with Crippen LogP contribution in [0.3, 0.4) is 0 Å². The molecule has 4 nitrogen and oxygen atoms in total. The largest absolute Gasteiger partial charge is 0.363 e. The summed E-state index contributed by atoms with van der Waals surface area (Å²) < 4.78 is 4.70. The standard InChI is InChI=1S/C12H13N3OS/c1-8-5-9(2)7-10(6-8)13-12(17)14-11-3-4-16-15-11/h3-7H,1-2H3,(H2,13,14,15,17). The van der Waals surface area contributed by atoms with E-state index in [1.165, 1.54) is 17.4 Å². The molecule has 0 bridgehead atoms. The van der Waals surface area contributed by atoms with Crippen LogP contribution >= 0.6 is 12.2 Å². The molecular formula is C12H13N3OS. The van der Waals surface area contributed by atoms with Gasteiger partial charge in [0.2, 0.25) is 0 Å². The first-order valence-corrected chi connectivity index (χ1v) is 5.61. The highest BCUT2D eigenvalue weighted by molar-refractivity contribution is 7.80. The molecule has 1 heterocycles. The lowest BCUT2D eigenvalue weighted by Crippen LogP contribution is -2.19. The van der Waals surface area contributed by atoms with E-state index in [9.17, 15) is 0 Å². The first kappa shape index (κ1) is 11.6. The number of aromatic nitrogens is 1. The summed E-state index contributed by atoms with van der Waals surface area (Å²) in [5.41, 5.74) is 3.34. The van der Waals surface area contributed by atoms with Gasteiger partial charge < -0.3 is 15.2 Å². The molecular weight excluding hydrogens is 234 g/mol. The second-order valence-corrected chi connectivity index (χ2v) is 4.25. The third-order valence-corrected chi connectivity index (χ3v) is 2.36. The second kappa shape index (κ2) is 4.97. The summed E-state index contributed by atoms with van der Waals surface area (Å²) in [6.45, 7) is 4.10. The maximum absolute atomic E-state index is 5.17. The minimum Gasteiger partial charge on any atom is -0.363 e. The summed E-state index contributed by atoms with van der Waals surface area (Å²) in [6, 6.07) is 7.88. The first-order valence-electron chi connectivity index (χ1n) is 5.20. The molecule has 0 aliphatic heterocycles. The van der Waals surface area contributed by atoms with Crippen LogP contribution in [0.2, 0.25) is 0 Å². The number of anilines is 2. The molecule has 0 fully saturated rings. The number of aryl methyl sites for hydroxylation is 2. The molecule has 2 rings (SSSR count). The molecule has 88 valence electrons. The quantitative estimate of drug-likeness (QED) is 0.799. The van der Waals surface area contributed by atoms with Crippen LogP contribution in [0, 0.1) is 13.8 Å². The Labute approximate surface area is 105 Å². The van der Waals surface area contributed by atoms with Gasteiger partial charge in [-0.15, -0.1) is 0 Å². The molecule has 0 unspecified atom stereocenters. The number of nitrogens with one attached hydrogen (secondary N) is 2. The minimum atomic E-state index is 0.490. The molecule has 0 aliphatic carbocycles. The zero-order chi connectivity index (χ0) is 12.3. The Hall–Kier alpha value is -1.88. The van der Waals surface area contributed by atoms with Gasteiger partial charge in [-0.2, -0.15) is 0 Å². The van der Waals surface area contributed by atoms with Crippen molar-refractivity contribution in [3.63, 3.8) is 0 Å². The van der Waals surface area contributed by atoms with E-state index in [0.29, 0.717) is 10.9 Å². The molecule has 0 amide bonds. The predicted molar refractivity (Wildman–Crippen MR) is 72.3 cm³/mol. The first-order chi connectivity index (χ1) is 8.13. The fourth-order valence-corrected chi connectivity index (χ4v) is 1.82. The van der Waals surface area contributed by atoms with E-state index in [-0.39, 0.29) is 0 Å². The monoisotopic (exact) mass is 247 g/mol. The molecule has 0 aliphatic rings. The van der Waals surface area contributed by atoms with Gasteiger partial charge in [0.25, 0.3) is 0 Å². The van der Waals surface area contributed by atoms with Crippen LogP contribution < -0.4 is 10.6 Å². The molecule has 2 N–H and O–H groups in total. The number of hydrogen-bond acceptors (Lipinski definition) is 3. The fourth-order valence-electron chi connectivity index (χ4n) is 1.60. The molecule has 0 saturated heterocycles. The van der Waals surface area contributed by atoms with Crippen molar-refractivity contribution in [2.45, 2.75) is 13.8 Å².